The van der Waals surface area contributed by atoms with E-state index in [1.54, 1.807) is 0 Å². The number of hydrogen-bond donors (Lipinski definition) is 0. The van der Waals surface area contributed by atoms with Gasteiger partial charge in [-0.15, -0.1) is 0 Å². The molecule has 0 radical (unpaired) electrons. The quantitative estimate of drug-likeness (QED) is 0.243. The van der Waals surface area contributed by atoms with Gasteiger partial charge in [0.1, 0.15) is 6.54 Å². The normalized spacial score (nSPS) is 11.2. The maximum atomic E-state index is 9.87. The summed E-state index contributed by atoms with van der Waals surface area (Å²) in [5.74, 6) is 0. The van der Waals surface area contributed by atoms with Gasteiger partial charge in [-0.1, -0.05) is 0 Å². The van der Waals surface area contributed by atoms with Crippen LogP contribution in [-0.2, 0) is 14.3 Å². The first kappa shape index (κ1) is 11.5. The van der Waals surface area contributed by atoms with Crippen LogP contribution in [0.5, 0.6) is 0 Å². The number of isocyanates is 1. The Balaban J connectivity index is 4.06. The molecule has 0 unspecified atom stereocenters. The van der Waals surface area contributed by atoms with Gasteiger partial charge in [0.25, 0.3) is 0 Å². The highest BCUT2D eigenvalue weighted by Crippen LogP contribution is 2.08. The average molecular weight is 189 g/mol. The van der Waals surface area contributed by atoms with Crippen molar-refractivity contribution in [3.63, 3.8) is 0 Å². The van der Waals surface area contributed by atoms with Crippen molar-refractivity contribution >= 4 is 16.3 Å². The molecule has 12 heavy (non-hydrogen) atoms. The summed E-state index contributed by atoms with van der Waals surface area (Å²) in [5, 5.41) is 0. The molecule has 0 fully saturated rings. The zero-order valence-corrected chi connectivity index (χ0v) is 9.79. The zero-order chi connectivity index (χ0) is 9.45. The Kier molecular flexibility index (Phi) is 5.83. The van der Waals surface area contributed by atoms with Crippen LogP contribution in [0.1, 0.15) is 13.8 Å². The van der Waals surface area contributed by atoms with Crippen molar-refractivity contribution in [3.8, 4) is 0 Å². The third-order valence-corrected chi connectivity index (χ3v) is 2.22. The zero-order valence-electron chi connectivity index (χ0n) is 7.79. The van der Waals surface area contributed by atoms with Crippen molar-refractivity contribution in [1.82, 2.24) is 0 Å². The highest BCUT2D eigenvalue weighted by Gasteiger charge is 2.23. The summed E-state index contributed by atoms with van der Waals surface area (Å²) in [6, 6.07) is 0. The minimum absolute atomic E-state index is 0.254. The smallest absolute Gasteiger partial charge is 0.235 e. The second-order valence-corrected chi connectivity index (χ2v) is 3.93. The van der Waals surface area contributed by atoms with Gasteiger partial charge in [-0.3, -0.25) is 0 Å². The standard InChI is InChI=1S/C7H15NO3Si/c1-3-10-7(12,11-4-2)5-8-6-9/h3-5H2,1-2,12H3. The Bertz CT molecular complexity index is 162. The van der Waals surface area contributed by atoms with E-state index in [9.17, 15) is 4.79 Å². The fourth-order valence-electron chi connectivity index (χ4n) is 0.919. The van der Waals surface area contributed by atoms with Gasteiger partial charge in [-0.2, -0.15) is 0 Å². The van der Waals surface area contributed by atoms with Crippen LogP contribution in [0.3, 0.4) is 0 Å². The third kappa shape index (κ3) is 4.41. The van der Waals surface area contributed by atoms with Gasteiger partial charge in [-0.25, -0.2) is 9.79 Å². The van der Waals surface area contributed by atoms with Gasteiger partial charge in [0, 0.05) is 13.2 Å². The Labute approximate surface area is 75.4 Å². The lowest BCUT2D eigenvalue weighted by molar-refractivity contribution is -0.165. The van der Waals surface area contributed by atoms with E-state index < -0.39 is 5.41 Å². The number of aliphatic imine (C=N–C) groups is 1. The molecule has 0 atom stereocenters. The van der Waals surface area contributed by atoms with E-state index in [-0.39, 0.29) is 6.54 Å². The van der Waals surface area contributed by atoms with Gasteiger partial charge in [0.15, 0.2) is 5.41 Å². The Morgan fingerprint density at radius 1 is 1.42 bits per heavy atom. The van der Waals surface area contributed by atoms with Crippen LogP contribution in [0.4, 0.5) is 0 Å². The van der Waals surface area contributed by atoms with Gasteiger partial charge in [-0.05, 0) is 13.8 Å². The number of nitrogens with zero attached hydrogens (tertiary/aromatic N) is 1. The lowest BCUT2D eigenvalue weighted by Crippen LogP contribution is -2.40. The summed E-state index contributed by atoms with van der Waals surface area (Å²) in [7, 11) is 0.685. The van der Waals surface area contributed by atoms with E-state index in [1.807, 2.05) is 13.8 Å². The Morgan fingerprint density at radius 3 is 2.25 bits per heavy atom. The summed E-state index contributed by atoms with van der Waals surface area (Å²) in [6.45, 7) is 5.16. The number of carbonyl (C=O) groups excluding carboxylic acids is 1. The molecule has 70 valence electrons. The van der Waals surface area contributed by atoms with Crippen LogP contribution in [0.2, 0.25) is 0 Å². The molecule has 0 amide bonds. The number of rotatable bonds is 6. The molecule has 0 aromatic heterocycles. The van der Waals surface area contributed by atoms with E-state index in [0.29, 0.717) is 23.5 Å². The van der Waals surface area contributed by atoms with Gasteiger partial charge in [0.05, 0.1) is 10.2 Å². The SMILES string of the molecule is CCOC([SiH3])(CN=C=O)OCC. The molecular weight excluding hydrogens is 174 g/mol. The second-order valence-electron chi connectivity index (χ2n) is 2.41. The van der Waals surface area contributed by atoms with Crippen molar-refractivity contribution in [2.75, 3.05) is 19.8 Å². The predicted octanol–water partition coefficient (Wildman–Crippen LogP) is -0.586. The molecule has 0 saturated carbocycles. The van der Waals surface area contributed by atoms with Gasteiger partial charge >= 0.3 is 0 Å². The molecule has 0 aliphatic rings. The van der Waals surface area contributed by atoms with Crippen molar-refractivity contribution in [1.29, 1.82) is 0 Å². The molecule has 0 aliphatic heterocycles. The molecule has 5 heteroatoms. The summed E-state index contributed by atoms with van der Waals surface area (Å²) < 4.78 is 10.7. The lowest BCUT2D eigenvalue weighted by atomic mass is 10.6. The molecule has 0 saturated heterocycles. The first-order valence-electron chi connectivity index (χ1n) is 4.00. The molecule has 0 aliphatic carbocycles. The van der Waals surface area contributed by atoms with Crippen LogP contribution in [0.25, 0.3) is 0 Å². The highest BCUT2D eigenvalue weighted by molar-refractivity contribution is 6.13. The molecule has 0 spiro atoms. The minimum atomic E-state index is -0.638. The molecular formula is C7H15NO3Si. The van der Waals surface area contributed by atoms with Crippen LogP contribution in [-0.4, -0.2) is 41.5 Å². The molecule has 0 heterocycles. The Morgan fingerprint density at radius 2 is 1.92 bits per heavy atom. The van der Waals surface area contributed by atoms with Crippen molar-refractivity contribution in [2.45, 2.75) is 19.3 Å². The minimum Gasteiger partial charge on any atom is -0.353 e. The number of hydrogen-bond acceptors (Lipinski definition) is 4. The summed E-state index contributed by atoms with van der Waals surface area (Å²) in [6.07, 6.45) is 1.48. The van der Waals surface area contributed by atoms with Crippen LogP contribution in [0, 0.1) is 0 Å². The Hall–Kier alpha value is -0.483. The molecule has 0 rings (SSSR count). The fraction of sp³-hybridized carbons (Fsp3) is 0.857. The topological polar surface area (TPSA) is 47.9 Å². The summed E-state index contributed by atoms with van der Waals surface area (Å²) in [5.41, 5.74) is -0.638. The van der Waals surface area contributed by atoms with Crippen molar-refractivity contribution in [2.24, 2.45) is 4.99 Å². The first-order chi connectivity index (χ1) is 5.68. The lowest BCUT2D eigenvalue weighted by Gasteiger charge is -2.26. The van der Waals surface area contributed by atoms with Crippen LogP contribution >= 0.6 is 0 Å². The molecule has 4 nitrogen and oxygen atoms in total. The molecule has 0 aromatic rings. The fourth-order valence-corrected chi connectivity index (χ4v) is 1.65. The summed E-state index contributed by atoms with van der Waals surface area (Å²) >= 11 is 0. The second kappa shape index (κ2) is 6.08. The van der Waals surface area contributed by atoms with Gasteiger partial charge in [0.2, 0.25) is 6.08 Å². The van der Waals surface area contributed by atoms with Crippen molar-refractivity contribution < 1.29 is 14.3 Å². The molecule has 0 N–H and O–H groups in total. The predicted molar refractivity (Wildman–Crippen MR) is 48.9 cm³/mol. The van der Waals surface area contributed by atoms with Crippen LogP contribution < -0.4 is 0 Å². The number of ether oxygens (including phenoxy) is 2. The highest BCUT2D eigenvalue weighted by atomic mass is 28.1. The first-order valence-corrected chi connectivity index (χ1v) is 5.00. The van der Waals surface area contributed by atoms with E-state index >= 15 is 0 Å². The van der Waals surface area contributed by atoms with E-state index in [2.05, 4.69) is 4.99 Å². The van der Waals surface area contributed by atoms with Gasteiger partial charge < -0.3 is 9.47 Å². The molecule has 0 aromatic carbocycles. The van der Waals surface area contributed by atoms with Crippen molar-refractivity contribution in [3.05, 3.63) is 0 Å². The van der Waals surface area contributed by atoms with Crippen LogP contribution in [0.15, 0.2) is 4.99 Å². The summed E-state index contributed by atoms with van der Waals surface area (Å²) in [4.78, 5) is 13.3. The van der Waals surface area contributed by atoms with E-state index in [4.69, 9.17) is 9.47 Å². The van der Waals surface area contributed by atoms with E-state index in [1.165, 1.54) is 6.08 Å². The average Bonchev–Trinajstić information content (AvgIpc) is 2.02. The maximum Gasteiger partial charge on any atom is 0.235 e. The monoisotopic (exact) mass is 189 g/mol. The third-order valence-electron chi connectivity index (χ3n) is 1.33. The molecule has 0 bridgehead atoms. The van der Waals surface area contributed by atoms with E-state index in [0.717, 1.165) is 0 Å². The largest absolute Gasteiger partial charge is 0.353 e. The maximum absolute atomic E-state index is 9.87.